The van der Waals surface area contributed by atoms with Gasteiger partial charge in [-0.25, -0.2) is 14.0 Å². The van der Waals surface area contributed by atoms with Crippen molar-refractivity contribution in [2.75, 3.05) is 14.2 Å². The number of halogens is 2. The lowest BCUT2D eigenvalue weighted by atomic mass is 9.80. The minimum Gasteiger partial charge on any atom is -0.466 e. The molecule has 0 amide bonds. The maximum Gasteiger partial charge on any atom is 0.336 e. The molecule has 5 nitrogen and oxygen atoms in total. The van der Waals surface area contributed by atoms with Crippen LogP contribution in [0.3, 0.4) is 0 Å². The standard InChI is InChI=1S/C17H17ClFNO4/c1-8-12(16(21)23-3)14(10-6-5-7-11(18)15(10)19)13(9(2)20-8)17(22)24-4/h5-7,14,20H,1-4H3. The van der Waals surface area contributed by atoms with Crippen LogP contribution in [0.1, 0.15) is 25.3 Å². The number of esters is 2. The average molecular weight is 354 g/mol. The first kappa shape index (κ1) is 18.0. The van der Waals surface area contributed by atoms with E-state index in [1.54, 1.807) is 19.9 Å². The second kappa shape index (κ2) is 7.05. The number of carbonyl (C=O) groups excluding carboxylic acids is 2. The number of benzene rings is 1. The zero-order valence-electron chi connectivity index (χ0n) is 13.7. The van der Waals surface area contributed by atoms with Gasteiger partial charge in [-0.3, -0.25) is 0 Å². The molecular weight excluding hydrogens is 337 g/mol. The van der Waals surface area contributed by atoms with Gasteiger partial charge < -0.3 is 14.8 Å². The second-order valence-corrected chi connectivity index (χ2v) is 5.67. The summed E-state index contributed by atoms with van der Waals surface area (Å²) in [5.41, 5.74) is 1.30. The van der Waals surface area contributed by atoms with Crippen LogP contribution in [0.4, 0.5) is 4.39 Å². The molecule has 0 spiro atoms. The van der Waals surface area contributed by atoms with Gasteiger partial charge in [0.2, 0.25) is 0 Å². The van der Waals surface area contributed by atoms with Crippen LogP contribution in [0, 0.1) is 5.82 Å². The van der Waals surface area contributed by atoms with E-state index in [1.165, 1.54) is 26.4 Å². The Bertz CT molecular complexity index is 732. The van der Waals surface area contributed by atoms with Gasteiger partial charge in [0.1, 0.15) is 5.82 Å². The van der Waals surface area contributed by atoms with Gasteiger partial charge in [-0.15, -0.1) is 0 Å². The van der Waals surface area contributed by atoms with Gasteiger partial charge in [-0.05, 0) is 19.9 Å². The van der Waals surface area contributed by atoms with E-state index in [0.717, 1.165) is 0 Å². The third-order valence-corrected chi connectivity index (χ3v) is 4.16. The van der Waals surface area contributed by atoms with Crippen LogP contribution in [-0.4, -0.2) is 26.2 Å². The number of hydrogen-bond donors (Lipinski definition) is 1. The van der Waals surface area contributed by atoms with Gasteiger partial charge in [0, 0.05) is 17.0 Å². The number of hydrogen-bond acceptors (Lipinski definition) is 5. The lowest BCUT2D eigenvalue weighted by Gasteiger charge is -2.30. The molecule has 0 aliphatic carbocycles. The van der Waals surface area contributed by atoms with E-state index in [1.807, 2.05) is 0 Å². The highest BCUT2D eigenvalue weighted by Crippen LogP contribution is 2.41. The highest BCUT2D eigenvalue weighted by atomic mass is 35.5. The second-order valence-electron chi connectivity index (χ2n) is 5.26. The monoisotopic (exact) mass is 353 g/mol. The Morgan fingerprint density at radius 2 is 1.58 bits per heavy atom. The van der Waals surface area contributed by atoms with Crippen molar-refractivity contribution in [3.05, 3.63) is 57.1 Å². The molecule has 1 aromatic rings. The Morgan fingerprint density at radius 3 is 2.04 bits per heavy atom. The molecule has 0 aromatic heterocycles. The van der Waals surface area contributed by atoms with Crippen LogP contribution in [0.25, 0.3) is 0 Å². The van der Waals surface area contributed by atoms with Crippen molar-refractivity contribution in [1.29, 1.82) is 0 Å². The molecule has 128 valence electrons. The fourth-order valence-corrected chi connectivity index (χ4v) is 2.99. The molecule has 0 unspecified atom stereocenters. The van der Waals surface area contributed by atoms with Crippen LogP contribution in [0.15, 0.2) is 40.7 Å². The predicted molar refractivity (Wildman–Crippen MR) is 86.7 cm³/mol. The zero-order valence-corrected chi connectivity index (χ0v) is 14.5. The molecule has 1 aromatic carbocycles. The first-order valence-electron chi connectivity index (χ1n) is 7.12. The van der Waals surface area contributed by atoms with Crippen molar-refractivity contribution in [3.63, 3.8) is 0 Å². The fraction of sp³-hybridized carbons (Fsp3) is 0.294. The number of carbonyl (C=O) groups is 2. The summed E-state index contributed by atoms with van der Waals surface area (Å²) >= 11 is 5.87. The number of dihydropyridines is 1. The Morgan fingerprint density at radius 1 is 1.08 bits per heavy atom. The van der Waals surface area contributed by atoms with E-state index in [9.17, 15) is 14.0 Å². The first-order chi connectivity index (χ1) is 11.3. The maximum absolute atomic E-state index is 14.6. The number of rotatable bonds is 3. The lowest BCUT2D eigenvalue weighted by Crippen LogP contribution is -2.32. The van der Waals surface area contributed by atoms with E-state index >= 15 is 0 Å². The summed E-state index contributed by atoms with van der Waals surface area (Å²) in [7, 11) is 2.44. The van der Waals surface area contributed by atoms with Crippen LogP contribution >= 0.6 is 11.6 Å². The third-order valence-electron chi connectivity index (χ3n) is 3.86. The molecule has 0 radical (unpaired) electrons. The molecule has 0 fully saturated rings. The quantitative estimate of drug-likeness (QED) is 0.846. The smallest absolute Gasteiger partial charge is 0.336 e. The summed E-state index contributed by atoms with van der Waals surface area (Å²) in [5.74, 6) is -3.02. The number of allylic oxidation sites excluding steroid dienone is 2. The molecule has 1 aliphatic heterocycles. The van der Waals surface area contributed by atoms with Gasteiger partial charge >= 0.3 is 11.9 Å². The van der Waals surface area contributed by atoms with Gasteiger partial charge in [0.05, 0.1) is 36.3 Å². The molecule has 0 atom stereocenters. The lowest BCUT2D eigenvalue weighted by molar-refractivity contribution is -0.137. The molecule has 0 bridgehead atoms. The summed E-state index contributed by atoms with van der Waals surface area (Å²) in [5, 5.41) is 2.84. The normalized spacial score (nSPS) is 15.2. The van der Waals surface area contributed by atoms with Crippen molar-refractivity contribution < 1.29 is 23.5 Å². The highest BCUT2D eigenvalue weighted by Gasteiger charge is 2.39. The van der Waals surface area contributed by atoms with Crippen LogP contribution in [-0.2, 0) is 19.1 Å². The summed E-state index contributed by atoms with van der Waals surface area (Å²) < 4.78 is 24.2. The molecule has 1 N–H and O–H groups in total. The van der Waals surface area contributed by atoms with Gasteiger partial charge in [-0.1, -0.05) is 23.7 Å². The molecule has 1 heterocycles. The molecule has 0 saturated carbocycles. The number of methoxy groups -OCH3 is 2. The van der Waals surface area contributed by atoms with Crippen molar-refractivity contribution in [1.82, 2.24) is 5.32 Å². The predicted octanol–water partition coefficient (Wildman–Crippen LogP) is 3.06. The summed E-state index contributed by atoms with van der Waals surface area (Å²) in [6.45, 7) is 3.30. The van der Waals surface area contributed by atoms with Crippen molar-refractivity contribution in [2.45, 2.75) is 19.8 Å². The van der Waals surface area contributed by atoms with Crippen molar-refractivity contribution in [2.24, 2.45) is 0 Å². The molecule has 2 rings (SSSR count). The Labute approximate surface area is 144 Å². The van der Waals surface area contributed by atoms with Crippen LogP contribution < -0.4 is 5.32 Å². The van der Waals surface area contributed by atoms with Gasteiger partial charge in [0.25, 0.3) is 0 Å². The average Bonchev–Trinajstić information content (AvgIpc) is 2.55. The Kier molecular flexibility index (Phi) is 5.29. The minimum atomic E-state index is -0.982. The summed E-state index contributed by atoms with van der Waals surface area (Å²) in [4.78, 5) is 24.5. The van der Waals surface area contributed by atoms with Gasteiger partial charge in [-0.2, -0.15) is 0 Å². The molecule has 0 saturated heterocycles. The topological polar surface area (TPSA) is 64.6 Å². The van der Waals surface area contributed by atoms with Gasteiger partial charge in [0.15, 0.2) is 0 Å². The molecule has 1 aliphatic rings. The number of nitrogens with one attached hydrogen (secondary N) is 1. The van der Waals surface area contributed by atoms with E-state index in [2.05, 4.69) is 5.32 Å². The fourth-order valence-electron chi connectivity index (χ4n) is 2.81. The maximum atomic E-state index is 14.6. The third kappa shape index (κ3) is 3.01. The van der Waals surface area contributed by atoms with E-state index < -0.39 is 23.7 Å². The van der Waals surface area contributed by atoms with E-state index in [4.69, 9.17) is 21.1 Å². The van der Waals surface area contributed by atoms with Crippen molar-refractivity contribution in [3.8, 4) is 0 Å². The first-order valence-corrected chi connectivity index (χ1v) is 7.50. The van der Waals surface area contributed by atoms with Crippen LogP contribution in [0.5, 0.6) is 0 Å². The summed E-state index contributed by atoms with van der Waals surface area (Å²) in [6, 6.07) is 4.42. The van der Waals surface area contributed by atoms with Crippen LogP contribution in [0.2, 0.25) is 5.02 Å². The SMILES string of the molecule is COC(=O)C1=C(C)NC(C)=C(C(=O)OC)C1c1cccc(Cl)c1F. The van der Waals surface area contributed by atoms with E-state index in [0.29, 0.717) is 11.4 Å². The Hall–Kier alpha value is -2.34. The molecule has 24 heavy (non-hydrogen) atoms. The highest BCUT2D eigenvalue weighted by molar-refractivity contribution is 6.30. The summed E-state index contributed by atoms with van der Waals surface area (Å²) in [6.07, 6.45) is 0. The van der Waals surface area contributed by atoms with E-state index in [-0.39, 0.29) is 21.7 Å². The Balaban J connectivity index is 2.77. The van der Waals surface area contributed by atoms with Crippen molar-refractivity contribution >= 4 is 23.5 Å². The minimum absolute atomic E-state index is 0.100. The largest absolute Gasteiger partial charge is 0.466 e. The number of ether oxygens (including phenoxy) is 2. The molecular formula is C17H17ClFNO4. The molecule has 7 heteroatoms. The zero-order chi connectivity index (χ0) is 18.0.